The fourth-order valence-electron chi connectivity index (χ4n) is 3.13. The molecule has 134 valence electrons. The Morgan fingerprint density at radius 1 is 1.21 bits per heavy atom. The Morgan fingerprint density at radius 2 is 1.75 bits per heavy atom. The third kappa shape index (κ3) is 5.05. The van der Waals surface area contributed by atoms with Gasteiger partial charge in [0.1, 0.15) is 0 Å². The van der Waals surface area contributed by atoms with Gasteiger partial charge in [-0.1, -0.05) is 45.9 Å². The van der Waals surface area contributed by atoms with E-state index in [9.17, 15) is 9.90 Å². The fourth-order valence-corrected chi connectivity index (χ4v) is 3.13. The summed E-state index contributed by atoms with van der Waals surface area (Å²) in [5.41, 5.74) is 3.31. The number of para-hydroxylation sites is 1. The van der Waals surface area contributed by atoms with Crippen molar-refractivity contribution in [3.8, 4) is 0 Å². The molecule has 1 aliphatic rings. The molecule has 0 heterocycles. The molecule has 1 unspecified atom stereocenters. The lowest BCUT2D eigenvalue weighted by molar-refractivity contribution is -0.117. The zero-order valence-corrected chi connectivity index (χ0v) is 15.7. The monoisotopic (exact) mass is 332 g/mol. The highest BCUT2D eigenvalue weighted by molar-refractivity contribution is 5.94. The number of rotatable bonds is 8. The second kappa shape index (κ2) is 8.13. The molecular weight excluding hydrogens is 300 g/mol. The van der Waals surface area contributed by atoms with E-state index in [4.69, 9.17) is 0 Å². The average molecular weight is 332 g/mol. The maximum absolute atomic E-state index is 12.5. The molecule has 1 atom stereocenters. The molecule has 0 aliphatic heterocycles. The largest absolute Gasteiger partial charge is 0.392 e. The number of benzene rings is 1. The summed E-state index contributed by atoms with van der Waals surface area (Å²) in [4.78, 5) is 14.4. The van der Waals surface area contributed by atoms with Crippen molar-refractivity contribution in [2.24, 2.45) is 5.92 Å². The first-order valence-electron chi connectivity index (χ1n) is 9.08. The summed E-state index contributed by atoms with van der Waals surface area (Å²) < 4.78 is 0. The van der Waals surface area contributed by atoms with Gasteiger partial charge in [0.25, 0.3) is 0 Å². The van der Waals surface area contributed by atoms with E-state index in [2.05, 4.69) is 51.2 Å². The van der Waals surface area contributed by atoms with Gasteiger partial charge in [0, 0.05) is 12.2 Å². The van der Waals surface area contributed by atoms with Crippen LogP contribution < -0.4 is 5.32 Å². The Balaban J connectivity index is 2.04. The zero-order chi connectivity index (χ0) is 17.9. The van der Waals surface area contributed by atoms with E-state index in [1.165, 1.54) is 11.1 Å². The van der Waals surface area contributed by atoms with Crippen molar-refractivity contribution in [2.75, 3.05) is 25.5 Å². The number of aliphatic hydroxyl groups excluding tert-OH is 1. The predicted molar refractivity (Wildman–Crippen MR) is 99.5 cm³/mol. The molecule has 4 nitrogen and oxygen atoms in total. The molecule has 1 aromatic carbocycles. The Kier molecular flexibility index (Phi) is 6.41. The van der Waals surface area contributed by atoms with Gasteiger partial charge in [-0.25, -0.2) is 0 Å². The van der Waals surface area contributed by atoms with E-state index >= 15 is 0 Å². The molecule has 0 radical (unpaired) electrons. The first kappa shape index (κ1) is 18.9. The molecule has 0 bridgehead atoms. The molecule has 1 saturated carbocycles. The van der Waals surface area contributed by atoms with Crippen molar-refractivity contribution in [1.82, 2.24) is 4.90 Å². The lowest BCUT2D eigenvalue weighted by Crippen LogP contribution is -2.36. The number of anilines is 1. The maximum atomic E-state index is 12.5. The van der Waals surface area contributed by atoms with Crippen LogP contribution in [0.3, 0.4) is 0 Å². The maximum Gasteiger partial charge on any atom is 0.238 e. The van der Waals surface area contributed by atoms with Crippen molar-refractivity contribution < 1.29 is 9.90 Å². The van der Waals surface area contributed by atoms with E-state index in [0.717, 1.165) is 18.5 Å². The minimum Gasteiger partial charge on any atom is -0.392 e. The van der Waals surface area contributed by atoms with Crippen molar-refractivity contribution in [3.05, 3.63) is 29.3 Å². The minimum atomic E-state index is -0.308. The number of nitrogens with one attached hydrogen (secondary N) is 1. The molecule has 1 aliphatic carbocycles. The van der Waals surface area contributed by atoms with Gasteiger partial charge in [-0.3, -0.25) is 9.69 Å². The van der Waals surface area contributed by atoms with Crippen LogP contribution in [-0.4, -0.2) is 42.2 Å². The lowest BCUT2D eigenvalue weighted by Gasteiger charge is -2.23. The Morgan fingerprint density at radius 3 is 2.21 bits per heavy atom. The summed E-state index contributed by atoms with van der Waals surface area (Å²) >= 11 is 0. The molecule has 2 rings (SSSR count). The van der Waals surface area contributed by atoms with E-state index in [-0.39, 0.29) is 12.0 Å². The molecule has 0 spiro atoms. The summed E-state index contributed by atoms with van der Waals surface area (Å²) in [6.07, 6.45) is 1.92. The predicted octanol–water partition coefficient (Wildman–Crippen LogP) is 3.57. The van der Waals surface area contributed by atoms with Crippen LogP contribution >= 0.6 is 0 Å². The highest BCUT2D eigenvalue weighted by atomic mass is 16.3. The number of carbonyl (C=O) groups excluding carboxylic acids is 1. The standard InChI is InChI=1S/C20H32N2O2/c1-13(2)16-7-6-8-17(14(3)4)20(16)21-19(24)12-22(5)11-18(23)15-9-10-15/h6-8,13-15,18,23H,9-12H2,1-5H3,(H,21,24). The van der Waals surface area contributed by atoms with E-state index in [1.54, 1.807) is 0 Å². The Bertz CT molecular complexity index is 539. The highest BCUT2D eigenvalue weighted by Crippen LogP contribution is 2.33. The van der Waals surface area contributed by atoms with Crippen LogP contribution in [0.15, 0.2) is 18.2 Å². The molecule has 0 aromatic heterocycles. The van der Waals surface area contributed by atoms with Gasteiger partial charge >= 0.3 is 0 Å². The minimum absolute atomic E-state index is 0.0181. The molecule has 1 amide bonds. The lowest BCUT2D eigenvalue weighted by atomic mass is 9.92. The highest BCUT2D eigenvalue weighted by Gasteiger charge is 2.30. The third-order valence-electron chi connectivity index (χ3n) is 4.72. The normalized spacial score (nSPS) is 16.0. The Labute approximate surface area is 146 Å². The second-order valence-electron chi connectivity index (χ2n) is 7.77. The molecule has 4 heteroatoms. The Hall–Kier alpha value is -1.39. The van der Waals surface area contributed by atoms with Crippen LogP contribution in [0.25, 0.3) is 0 Å². The number of hydrogen-bond acceptors (Lipinski definition) is 3. The number of hydrogen-bond donors (Lipinski definition) is 2. The van der Waals surface area contributed by atoms with Crippen LogP contribution in [0.1, 0.15) is 63.5 Å². The molecule has 24 heavy (non-hydrogen) atoms. The van der Waals surface area contributed by atoms with E-state index < -0.39 is 0 Å². The van der Waals surface area contributed by atoms with Crippen LogP contribution in [0.5, 0.6) is 0 Å². The zero-order valence-electron chi connectivity index (χ0n) is 15.7. The summed E-state index contributed by atoms with van der Waals surface area (Å²) in [6, 6.07) is 6.25. The SMILES string of the molecule is CC(C)c1cccc(C(C)C)c1NC(=O)CN(C)CC(O)C1CC1. The van der Waals surface area contributed by atoms with Gasteiger partial charge in [0.15, 0.2) is 0 Å². The number of likely N-dealkylation sites (N-methyl/N-ethyl adjacent to an activating group) is 1. The van der Waals surface area contributed by atoms with Gasteiger partial charge in [0.05, 0.1) is 12.6 Å². The van der Waals surface area contributed by atoms with Gasteiger partial charge in [-0.15, -0.1) is 0 Å². The number of nitrogens with zero attached hydrogens (tertiary/aromatic N) is 1. The van der Waals surface area contributed by atoms with E-state index in [0.29, 0.717) is 30.8 Å². The summed E-state index contributed by atoms with van der Waals surface area (Å²) in [6.45, 7) is 9.44. The van der Waals surface area contributed by atoms with Crippen molar-refractivity contribution in [2.45, 2.75) is 58.5 Å². The van der Waals surface area contributed by atoms with Gasteiger partial charge in [0.2, 0.25) is 5.91 Å². The van der Waals surface area contributed by atoms with Gasteiger partial charge in [-0.05, 0) is 48.8 Å². The van der Waals surface area contributed by atoms with Crippen LogP contribution in [0.2, 0.25) is 0 Å². The quantitative estimate of drug-likeness (QED) is 0.765. The number of amides is 1. The van der Waals surface area contributed by atoms with Crippen molar-refractivity contribution in [1.29, 1.82) is 0 Å². The molecular formula is C20H32N2O2. The van der Waals surface area contributed by atoms with E-state index in [1.807, 2.05) is 11.9 Å². The fraction of sp³-hybridized carbons (Fsp3) is 0.650. The second-order valence-corrected chi connectivity index (χ2v) is 7.77. The topological polar surface area (TPSA) is 52.6 Å². The van der Waals surface area contributed by atoms with Gasteiger partial charge < -0.3 is 10.4 Å². The molecule has 0 saturated heterocycles. The molecule has 1 aromatic rings. The summed E-state index contributed by atoms with van der Waals surface area (Å²) in [5, 5.41) is 13.2. The smallest absolute Gasteiger partial charge is 0.238 e. The molecule has 2 N–H and O–H groups in total. The van der Waals surface area contributed by atoms with Crippen molar-refractivity contribution in [3.63, 3.8) is 0 Å². The van der Waals surface area contributed by atoms with Crippen LogP contribution in [-0.2, 0) is 4.79 Å². The first-order chi connectivity index (χ1) is 11.3. The number of aliphatic hydroxyl groups is 1. The average Bonchev–Trinajstić information content (AvgIpc) is 3.30. The molecule has 1 fully saturated rings. The first-order valence-corrected chi connectivity index (χ1v) is 9.08. The van der Waals surface area contributed by atoms with Crippen molar-refractivity contribution >= 4 is 11.6 Å². The third-order valence-corrected chi connectivity index (χ3v) is 4.72. The van der Waals surface area contributed by atoms with Crippen LogP contribution in [0, 0.1) is 5.92 Å². The summed E-state index contributed by atoms with van der Waals surface area (Å²) in [5.74, 6) is 1.13. The van der Waals surface area contributed by atoms with Gasteiger partial charge in [-0.2, -0.15) is 0 Å². The number of carbonyl (C=O) groups is 1. The van der Waals surface area contributed by atoms with Crippen LogP contribution in [0.4, 0.5) is 5.69 Å². The summed E-state index contributed by atoms with van der Waals surface area (Å²) in [7, 11) is 1.89.